The van der Waals surface area contributed by atoms with Crippen molar-refractivity contribution in [3.05, 3.63) is 75.0 Å². The number of hydrogen-bond donors (Lipinski definition) is 1. The van der Waals surface area contributed by atoms with Crippen LogP contribution in [0.25, 0.3) is 17.0 Å². The summed E-state index contributed by atoms with van der Waals surface area (Å²) in [6, 6.07) is 13.9. The van der Waals surface area contributed by atoms with E-state index in [0.29, 0.717) is 22.5 Å². The molecule has 1 heterocycles. The Balaban J connectivity index is 2.08. The van der Waals surface area contributed by atoms with Crippen LogP contribution >= 0.6 is 0 Å². The summed E-state index contributed by atoms with van der Waals surface area (Å²) in [5.74, 6) is -0.420. The van der Waals surface area contributed by atoms with E-state index in [1.807, 2.05) is 30.3 Å². The van der Waals surface area contributed by atoms with E-state index in [9.17, 15) is 20.2 Å². The molecular formula is C21H18N4O3. The number of nitro groups is 1. The number of hydrogen-bond acceptors (Lipinski definition) is 5. The van der Waals surface area contributed by atoms with Gasteiger partial charge in [-0.25, -0.2) is 0 Å². The van der Waals surface area contributed by atoms with Crippen LogP contribution in [0, 0.1) is 28.4 Å². The molecular weight excluding hydrogens is 356 g/mol. The van der Waals surface area contributed by atoms with Crippen LogP contribution in [-0.4, -0.2) is 29.8 Å². The minimum atomic E-state index is -0.482. The molecule has 7 nitrogen and oxygen atoms in total. The molecule has 2 aromatic carbocycles. The summed E-state index contributed by atoms with van der Waals surface area (Å²) in [6.07, 6.45) is 1.38. The van der Waals surface area contributed by atoms with E-state index >= 15 is 0 Å². The summed E-state index contributed by atoms with van der Waals surface area (Å²) in [4.78, 5) is 28.7. The number of H-pyrrole nitrogens is 1. The number of aryl methyl sites for hydroxylation is 1. The Labute approximate surface area is 161 Å². The zero-order chi connectivity index (χ0) is 20.4. The lowest BCUT2D eigenvalue weighted by Gasteiger charge is -2.12. The maximum atomic E-state index is 13.0. The van der Waals surface area contributed by atoms with Gasteiger partial charge in [0.05, 0.1) is 10.5 Å². The average molecular weight is 374 g/mol. The molecule has 0 unspecified atom stereocenters. The highest BCUT2D eigenvalue weighted by molar-refractivity contribution is 6.20. The molecule has 1 aromatic heterocycles. The fourth-order valence-corrected chi connectivity index (χ4v) is 3.17. The number of nitriles is 1. The number of aromatic amines is 1. The van der Waals surface area contributed by atoms with Crippen molar-refractivity contribution in [2.75, 3.05) is 19.0 Å². The SMILES string of the molecule is Cc1[nH]c2ccccc2c1C(=O)/C(C#N)=C/c1ccc(N(C)C)c([N+](=O)[O-])c1. The summed E-state index contributed by atoms with van der Waals surface area (Å²) in [5.41, 5.74) is 2.60. The van der Waals surface area contributed by atoms with Gasteiger partial charge in [0, 0.05) is 36.8 Å². The van der Waals surface area contributed by atoms with Crippen molar-refractivity contribution in [1.82, 2.24) is 4.98 Å². The summed E-state index contributed by atoms with van der Waals surface area (Å²) in [7, 11) is 3.42. The summed E-state index contributed by atoms with van der Waals surface area (Å²) >= 11 is 0. The van der Waals surface area contributed by atoms with Crippen LogP contribution in [0.1, 0.15) is 21.6 Å². The first-order valence-corrected chi connectivity index (χ1v) is 8.53. The van der Waals surface area contributed by atoms with Crippen LogP contribution < -0.4 is 4.90 Å². The molecule has 1 N–H and O–H groups in total. The van der Waals surface area contributed by atoms with Crippen LogP contribution in [0.15, 0.2) is 48.0 Å². The average Bonchev–Trinajstić information content (AvgIpc) is 3.00. The molecule has 0 fully saturated rings. The van der Waals surface area contributed by atoms with E-state index in [0.717, 1.165) is 10.9 Å². The van der Waals surface area contributed by atoms with Gasteiger partial charge in [-0.15, -0.1) is 0 Å². The minimum Gasteiger partial charge on any atom is -0.372 e. The molecule has 0 aliphatic carbocycles. The molecule has 28 heavy (non-hydrogen) atoms. The van der Waals surface area contributed by atoms with Crippen LogP contribution in [-0.2, 0) is 0 Å². The molecule has 3 rings (SSSR count). The maximum Gasteiger partial charge on any atom is 0.293 e. The Morgan fingerprint density at radius 3 is 2.61 bits per heavy atom. The molecule has 7 heteroatoms. The maximum absolute atomic E-state index is 13.0. The zero-order valence-electron chi connectivity index (χ0n) is 15.7. The molecule has 3 aromatic rings. The van der Waals surface area contributed by atoms with Crippen molar-refractivity contribution in [3.8, 4) is 6.07 Å². The van der Waals surface area contributed by atoms with Gasteiger partial charge in [0.2, 0.25) is 5.78 Å². The normalized spacial score (nSPS) is 11.3. The third kappa shape index (κ3) is 3.35. The highest BCUT2D eigenvalue weighted by Crippen LogP contribution is 2.29. The minimum absolute atomic E-state index is 0.0836. The second-order valence-electron chi connectivity index (χ2n) is 6.57. The van der Waals surface area contributed by atoms with Gasteiger partial charge in [-0.05, 0) is 30.7 Å². The smallest absolute Gasteiger partial charge is 0.293 e. The van der Waals surface area contributed by atoms with E-state index in [4.69, 9.17) is 0 Å². The molecule has 0 saturated carbocycles. The van der Waals surface area contributed by atoms with Crippen LogP contribution in [0.3, 0.4) is 0 Å². The third-order valence-corrected chi connectivity index (χ3v) is 4.47. The molecule has 0 amide bonds. The summed E-state index contributed by atoms with van der Waals surface area (Å²) < 4.78 is 0. The Morgan fingerprint density at radius 2 is 1.96 bits per heavy atom. The van der Waals surface area contributed by atoms with E-state index in [1.54, 1.807) is 38.1 Å². The second kappa shape index (κ2) is 7.37. The molecule has 0 saturated heterocycles. The zero-order valence-corrected chi connectivity index (χ0v) is 15.7. The van der Waals surface area contributed by atoms with Gasteiger partial charge >= 0.3 is 0 Å². The van der Waals surface area contributed by atoms with E-state index in [1.165, 1.54) is 12.1 Å². The van der Waals surface area contributed by atoms with Crippen LogP contribution in [0.5, 0.6) is 0 Å². The number of carbonyl (C=O) groups is 1. The third-order valence-electron chi connectivity index (χ3n) is 4.47. The Hall–Kier alpha value is -3.92. The molecule has 0 atom stereocenters. The lowest BCUT2D eigenvalue weighted by Crippen LogP contribution is -2.11. The number of nitrogens with zero attached hydrogens (tertiary/aromatic N) is 3. The van der Waals surface area contributed by atoms with Gasteiger partial charge in [-0.2, -0.15) is 5.26 Å². The molecule has 140 valence electrons. The first-order chi connectivity index (χ1) is 13.3. The number of rotatable bonds is 5. The number of nitro benzene ring substituents is 1. The largest absolute Gasteiger partial charge is 0.372 e. The number of benzene rings is 2. The Morgan fingerprint density at radius 1 is 1.25 bits per heavy atom. The van der Waals surface area contributed by atoms with Gasteiger partial charge < -0.3 is 9.88 Å². The van der Waals surface area contributed by atoms with Gasteiger partial charge in [0.25, 0.3) is 5.69 Å². The molecule has 0 aliphatic heterocycles. The van der Waals surface area contributed by atoms with Crippen molar-refractivity contribution >= 4 is 34.1 Å². The van der Waals surface area contributed by atoms with Crippen LogP contribution in [0.4, 0.5) is 11.4 Å². The first-order valence-electron chi connectivity index (χ1n) is 8.53. The van der Waals surface area contributed by atoms with E-state index < -0.39 is 10.7 Å². The fraction of sp³-hybridized carbons (Fsp3) is 0.143. The highest BCUT2D eigenvalue weighted by atomic mass is 16.6. The van der Waals surface area contributed by atoms with Gasteiger partial charge in [0.15, 0.2) is 0 Å². The standard InChI is InChI=1S/C21H18N4O3/c1-13-20(16-6-4-5-7-17(16)23-13)21(26)15(12-22)10-14-8-9-18(24(2)3)19(11-14)25(27)28/h4-11,23H,1-3H3/b15-10+. The number of para-hydroxylation sites is 1. The summed E-state index contributed by atoms with van der Waals surface area (Å²) in [5, 5.41) is 21.7. The molecule has 0 bridgehead atoms. The quantitative estimate of drug-likeness (QED) is 0.236. The lowest BCUT2D eigenvalue weighted by molar-refractivity contribution is -0.384. The van der Waals surface area contributed by atoms with Gasteiger partial charge in [0.1, 0.15) is 17.3 Å². The van der Waals surface area contributed by atoms with Gasteiger partial charge in [-0.3, -0.25) is 14.9 Å². The predicted molar refractivity (Wildman–Crippen MR) is 108 cm³/mol. The predicted octanol–water partition coefficient (Wildman–Crippen LogP) is 4.24. The fourth-order valence-electron chi connectivity index (χ4n) is 3.17. The number of nitrogens with one attached hydrogen (secondary N) is 1. The van der Waals surface area contributed by atoms with Crippen molar-refractivity contribution in [2.24, 2.45) is 0 Å². The topological polar surface area (TPSA) is 103 Å². The lowest BCUT2D eigenvalue weighted by atomic mass is 9.99. The number of anilines is 1. The van der Waals surface area contributed by atoms with Crippen molar-refractivity contribution in [3.63, 3.8) is 0 Å². The number of carbonyl (C=O) groups excluding carboxylic acids is 1. The number of Topliss-reactive ketones (excluding diaryl/α,β-unsaturated/α-hetero) is 1. The number of ketones is 1. The molecule has 0 spiro atoms. The number of aromatic nitrogens is 1. The van der Waals surface area contributed by atoms with Gasteiger partial charge in [-0.1, -0.05) is 24.3 Å². The van der Waals surface area contributed by atoms with Crippen molar-refractivity contribution in [1.29, 1.82) is 5.26 Å². The Bertz CT molecular complexity index is 1170. The number of allylic oxidation sites excluding steroid dienone is 1. The van der Waals surface area contributed by atoms with E-state index in [-0.39, 0.29) is 11.3 Å². The second-order valence-corrected chi connectivity index (χ2v) is 6.57. The molecule has 0 aliphatic rings. The van der Waals surface area contributed by atoms with Crippen molar-refractivity contribution < 1.29 is 9.72 Å². The Kier molecular flexibility index (Phi) is 4.96. The van der Waals surface area contributed by atoms with Crippen molar-refractivity contribution in [2.45, 2.75) is 6.92 Å². The first kappa shape index (κ1) is 18.9. The monoisotopic (exact) mass is 374 g/mol. The van der Waals surface area contributed by atoms with E-state index in [2.05, 4.69) is 4.98 Å². The molecule has 0 radical (unpaired) electrons. The highest BCUT2D eigenvalue weighted by Gasteiger charge is 2.21. The number of fused-ring (bicyclic) bond motifs is 1. The summed E-state index contributed by atoms with van der Waals surface area (Å²) in [6.45, 7) is 1.78. The van der Waals surface area contributed by atoms with Crippen LogP contribution in [0.2, 0.25) is 0 Å².